The van der Waals surface area contributed by atoms with E-state index in [1.807, 2.05) is 238 Å². The molecule has 0 aliphatic rings. The maximum absolute atomic E-state index is 12.9. The van der Waals surface area contributed by atoms with E-state index in [0.717, 1.165) is 101 Å². The Morgan fingerprint density at radius 1 is 0.345 bits per heavy atom. The number of halogens is 1. The van der Waals surface area contributed by atoms with Gasteiger partial charge in [-0.3, -0.25) is 29.0 Å². The first-order valence-electron chi connectivity index (χ1n) is 37.7. The number of alkyl halides is 1. The van der Waals surface area contributed by atoms with Gasteiger partial charge >= 0.3 is 30.4 Å². The van der Waals surface area contributed by atoms with E-state index < -0.39 is 30.4 Å². The van der Waals surface area contributed by atoms with Gasteiger partial charge in [0.05, 0.1) is 24.4 Å². The molecule has 11 rings (SSSR count). The lowest BCUT2D eigenvalue weighted by Crippen LogP contribution is -2.11. The molecule has 0 spiro atoms. The molecule has 0 bridgehead atoms. The average Bonchev–Trinajstić information content (AvgIpc) is 1.67. The van der Waals surface area contributed by atoms with Crippen LogP contribution in [0.5, 0.6) is 40.6 Å². The number of ether oxygens (including phenoxy) is 4. The first kappa shape index (κ1) is 90.6. The third-order valence-electron chi connectivity index (χ3n) is 17.5. The molecule has 11 aromatic rings. The molecule has 0 aliphatic carbocycles. The van der Waals surface area contributed by atoms with Crippen molar-refractivity contribution in [2.45, 2.75) is 228 Å². The summed E-state index contributed by atoms with van der Waals surface area (Å²) in [5.74, 6) is 3.56. The summed E-state index contributed by atoms with van der Waals surface area (Å²) in [6.07, 6.45) is 2.60. The number of aromatic nitrogens is 8. The topological polar surface area (TPSA) is 269 Å². The minimum Gasteiger partial charge on any atom is -0.491 e. The lowest BCUT2D eigenvalue weighted by Gasteiger charge is -2.11. The first-order valence-corrected chi connectivity index (χ1v) is 44.1. The zero-order valence-corrected chi connectivity index (χ0v) is 73.6. The van der Waals surface area contributed by atoms with Gasteiger partial charge in [-0.1, -0.05) is 124 Å². The minimum atomic E-state index is -3.99. The zero-order valence-electron chi connectivity index (χ0n) is 69.0. The van der Waals surface area contributed by atoms with Crippen LogP contribution in [0.15, 0.2) is 189 Å². The normalized spacial score (nSPS) is 11.6. The van der Waals surface area contributed by atoms with Gasteiger partial charge in [0.15, 0.2) is 0 Å². The van der Waals surface area contributed by atoms with E-state index in [0.29, 0.717) is 31.2 Å². The minimum absolute atomic E-state index is 0.00343. The first-order chi connectivity index (χ1) is 53.2. The van der Waals surface area contributed by atoms with Crippen LogP contribution in [-0.2, 0) is 56.0 Å². The van der Waals surface area contributed by atoms with Gasteiger partial charge in [-0.25, -0.2) is 0 Å². The molecule has 608 valence electrons. The molecular weight excluding hydrogens is 1600 g/mol. The maximum Gasteiger partial charge on any atom is 0.340 e. The molecule has 0 radical (unpaired) electrons. The fourth-order valence-electron chi connectivity index (χ4n) is 11.8. The van der Waals surface area contributed by atoms with Crippen molar-refractivity contribution in [3.8, 4) is 40.6 Å². The molecule has 4 heterocycles. The van der Waals surface area contributed by atoms with Gasteiger partial charge in [0.25, 0.3) is 23.2 Å². The van der Waals surface area contributed by atoms with Gasteiger partial charge in [-0.05, 0) is 258 Å². The van der Waals surface area contributed by atoms with E-state index in [2.05, 4.69) is 61.9 Å². The van der Waals surface area contributed by atoms with Crippen LogP contribution in [0.3, 0.4) is 0 Å². The highest BCUT2D eigenvalue weighted by Gasteiger charge is 2.28. The van der Waals surface area contributed by atoms with Crippen molar-refractivity contribution in [3.05, 3.63) is 264 Å². The van der Waals surface area contributed by atoms with Crippen molar-refractivity contribution in [2.75, 3.05) is 4.93 Å². The molecule has 0 amide bonds. The van der Waals surface area contributed by atoms with Crippen LogP contribution >= 0.6 is 22.6 Å². The predicted molar refractivity (Wildman–Crippen MR) is 455 cm³/mol. The summed E-state index contributed by atoms with van der Waals surface area (Å²) >= 11 is 2.15. The molecular formula is C87H111IN8O14S3. The van der Waals surface area contributed by atoms with Crippen molar-refractivity contribution < 1.29 is 56.8 Å². The summed E-state index contributed by atoms with van der Waals surface area (Å²) in [5, 5.41) is 18.7. The lowest BCUT2D eigenvalue weighted by molar-refractivity contribution is 0.242. The van der Waals surface area contributed by atoms with Crippen LogP contribution in [0.4, 0.5) is 0 Å². The molecule has 113 heavy (non-hydrogen) atoms. The molecule has 7 aromatic carbocycles. The monoisotopic (exact) mass is 1710 g/mol. The quantitative estimate of drug-likeness (QED) is 0.0262. The third kappa shape index (κ3) is 26.2. The van der Waals surface area contributed by atoms with Crippen LogP contribution in [-0.4, -0.2) is 94.1 Å². The third-order valence-corrected chi connectivity index (χ3v) is 21.2. The van der Waals surface area contributed by atoms with Crippen LogP contribution in [0.25, 0.3) is 0 Å². The number of nitrogens with zero attached hydrogens (tertiary/aromatic N) is 6. The van der Waals surface area contributed by atoms with Crippen molar-refractivity contribution in [1.29, 1.82) is 0 Å². The molecule has 0 fully saturated rings. The van der Waals surface area contributed by atoms with Crippen molar-refractivity contribution in [1.82, 2.24) is 39.5 Å². The van der Waals surface area contributed by atoms with E-state index in [9.17, 15) is 30.0 Å². The van der Waals surface area contributed by atoms with Crippen molar-refractivity contribution in [2.24, 2.45) is 0 Å². The maximum atomic E-state index is 12.9. The standard InChI is InChI=1S/2C24H30N2O4S.C21H24N2O4S.C17H24N2O2.CH3I/c2*1-16(2)26-19(6)23(15-20-9-11-21(12-10-20)29-17(3)4)24(25-26)30-31(27,28)22-13-7-18(5)8-14-22;1-14(2)26-18-9-7-17(8-10-18)13-20-16(4)22-23-21(20)27-28(24,25)19-11-5-15(3)6-12-19;1-11(2)19-13(5)16(17(20)18-19)10-14-6-8-15(9-7-14)21-12(3)4;1-2/h2*7-14,16-17H,15H2,1-6H3;5-12,14H,13H2,1-4H3,(H,22,23);6-9,11-12H,10H2,1-5H3,(H,18,20);1H3. The molecule has 0 aliphatic heterocycles. The Kier molecular flexibility index (Phi) is 32.8. The highest BCUT2D eigenvalue weighted by atomic mass is 127. The zero-order chi connectivity index (χ0) is 83.4. The van der Waals surface area contributed by atoms with Gasteiger partial charge in [0.2, 0.25) is 0 Å². The van der Waals surface area contributed by atoms with Gasteiger partial charge in [-0.15, -0.1) is 15.3 Å². The fraction of sp³-hybridized carbons (Fsp3) is 0.379. The van der Waals surface area contributed by atoms with Crippen LogP contribution < -0.4 is 37.1 Å². The molecule has 0 saturated heterocycles. The number of rotatable bonds is 28. The Morgan fingerprint density at radius 2 is 0.611 bits per heavy atom. The summed E-state index contributed by atoms with van der Waals surface area (Å²) in [7, 11) is -11.9. The van der Waals surface area contributed by atoms with Crippen LogP contribution in [0.1, 0.15) is 199 Å². The van der Waals surface area contributed by atoms with Gasteiger partial charge in [-0.2, -0.15) is 25.3 Å². The van der Waals surface area contributed by atoms with Crippen LogP contribution in [0, 0.1) is 48.5 Å². The molecule has 22 nitrogen and oxygen atoms in total. The summed E-state index contributed by atoms with van der Waals surface area (Å²) in [6.45, 7) is 41.4. The molecule has 0 unspecified atom stereocenters. The second-order valence-corrected chi connectivity index (χ2v) is 34.1. The SMILES string of the molecule is CI.Cc1c(Cc2ccc(OC(C)C)cc2)c(=O)[nH]n1C(C)C.Cc1ccc(S(=O)(=O)Oc2n[nH]c(C)c2Cc2ccc(OC(C)C)cc2)cc1.Cc1ccc(S(=O)(=O)Oc2nn(C(C)C)c(C)c2Cc2ccc(OC(C)C)cc2)cc1.Cc1ccc(S(=O)(=O)Oc2nn(C(C)C)c(C)c2Cc2ccc(OC(C)C)cc2)cc1. The smallest absolute Gasteiger partial charge is 0.340 e. The molecule has 0 saturated carbocycles. The summed E-state index contributed by atoms with van der Waals surface area (Å²) in [4.78, 5) is 14.4. The second-order valence-electron chi connectivity index (χ2n) is 29.4. The number of H-pyrrole nitrogens is 2. The Hall–Kier alpha value is -9.64. The average molecular weight is 1720 g/mol. The Bertz CT molecular complexity index is 5080. The Labute approximate surface area is 682 Å². The molecule has 2 N–H and O–H groups in total. The summed E-state index contributed by atoms with van der Waals surface area (Å²) < 4.78 is 121. The number of aromatic amines is 2. The van der Waals surface area contributed by atoms with E-state index in [-0.39, 0.29) is 80.4 Å². The molecule has 4 aromatic heterocycles. The van der Waals surface area contributed by atoms with Crippen molar-refractivity contribution in [3.63, 3.8) is 0 Å². The van der Waals surface area contributed by atoms with E-state index in [1.165, 1.54) is 12.1 Å². The van der Waals surface area contributed by atoms with Gasteiger partial charge in [0, 0.05) is 88.8 Å². The van der Waals surface area contributed by atoms with Crippen LogP contribution in [0.2, 0.25) is 0 Å². The second kappa shape index (κ2) is 40.9. The summed E-state index contributed by atoms with van der Waals surface area (Å²) in [6, 6.07) is 51.3. The Morgan fingerprint density at radius 3 is 0.867 bits per heavy atom. The fourth-order valence-corrected chi connectivity index (χ4v) is 14.5. The van der Waals surface area contributed by atoms with Crippen molar-refractivity contribution >= 4 is 52.9 Å². The highest BCUT2D eigenvalue weighted by Crippen LogP contribution is 2.34. The largest absolute Gasteiger partial charge is 0.491 e. The van der Waals surface area contributed by atoms with E-state index in [1.54, 1.807) is 70.0 Å². The number of hydrogen-bond donors (Lipinski definition) is 2. The predicted octanol–water partition coefficient (Wildman–Crippen LogP) is 19.1. The number of nitrogens with one attached hydrogen (secondary N) is 2. The highest BCUT2D eigenvalue weighted by molar-refractivity contribution is 14.1. The molecule has 26 heteroatoms. The van der Waals surface area contributed by atoms with E-state index >= 15 is 0 Å². The molecule has 0 atom stereocenters. The lowest BCUT2D eigenvalue weighted by atomic mass is 10.1. The summed E-state index contributed by atoms with van der Waals surface area (Å²) in [5.41, 5.74) is 13.6. The number of hydrogen-bond acceptors (Lipinski definition) is 17. The van der Waals surface area contributed by atoms with Gasteiger partial charge < -0.3 is 31.5 Å². The Balaban J connectivity index is 0.000000209. The van der Waals surface area contributed by atoms with E-state index in [4.69, 9.17) is 31.5 Å². The number of benzene rings is 7. The number of aryl methyl sites for hydroxylation is 4. The van der Waals surface area contributed by atoms with Gasteiger partial charge in [0.1, 0.15) is 37.7 Å².